The first-order valence-electron chi connectivity index (χ1n) is 5.14. The van der Waals surface area contributed by atoms with Gasteiger partial charge in [0.15, 0.2) is 0 Å². The van der Waals surface area contributed by atoms with Gasteiger partial charge in [-0.1, -0.05) is 34.1 Å². The molecule has 0 radical (unpaired) electrons. The van der Waals surface area contributed by atoms with Gasteiger partial charge in [0.2, 0.25) is 0 Å². The van der Waals surface area contributed by atoms with Crippen LogP contribution in [0.4, 0.5) is 0 Å². The minimum atomic E-state index is -3.41. The molecule has 0 fully saturated rings. The van der Waals surface area contributed by atoms with E-state index in [1.807, 2.05) is 20.8 Å². The molecule has 86 valence electrons. The first-order valence-corrected chi connectivity index (χ1v) is 7.17. The van der Waals surface area contributed by atoms with Crippen LogP contribution in [0.5, 0.6) is 0 Å². The van der Waals surface area contributed by atoms with E-state index in [-0.39, 0.29) is 11.8 Å². The van der Waals surface area contributed by atoms with E-state index in [9.17, 15) is 9.46 Å². The van der Waals surface area contributed by atoms with E-state index < -0.39 is 13.2 Å². The molecule has 4 heteroatoms. The zero-order valence-electron chi connectivity index (χ0n) is 10.1. The van der Waals surface area contributed by atoms with E-state index in [2.05, 4.69) is 13.8 Å². The third kappa shape index (κ3) is 3.72. The quantitative estimate of drug-likeness (QED) is 0.726. The van der Waals surface area contributed by atoms with Crippen LogP contribution >= 0.6 is 7.60 Å². The molecule has 0 aromatic carbocycles. The zero-order chi connectivity index (χ0) is 11.6. The van der Waals surface area contributed by atoms with Gasteiger partial charge >= 0.3 is 7.60 Å². The highest BCUT2D eigenvalue weighted by Gasteiger charge is 2.38. The summed E-state index contributed by atoms with van der Waals surface area (Å²) in [5.41, 5.74) is -0.520. The van der Waals surface area contributed by atoms with Crippen LogP contribution in [0.25, 0.3) is 0 Å². The topological polar surface area (TPSA) is 46.5 Å². The van der Waals surface area contributed by atoms with Crippen molar-refractivity contribution in [2.24, 2.45) is 11.8 Å². The van der Waals surface area contributed by atoms with Crippen LogP contribution in [-0.2, 0) is 9.09 Å². The van der Waals surface area contributed by atoms with Crippen molar-refractivity contribution in [2.75, 3.05) is 6.66 Å². The molecule has 0 rings (SSSR count). The maximum absolute atomic E-state index is 11.3. The lowest BCUT2D eigenvalue weighted by Crippen LogP contribution is -2.40. The van der Waals surface area contributed by atoms with E-state index in [0.717, 1.165) is 6.42 Å². The lowest BCUT2D eigenvalue weighted by Gasteiger charge is -2.39. The Morgan fingerprint density at radius 1 is 1.43 bits per heavy atom. The molecular formula is C10H23O3P. The molecule has 0 bridgehead atoms. The van der Waals surface area contributed by atoms with Crippen LogP contribution in [0.3, 0.4) is 0 Å². The third-order valence-corrected chi connectivity index (χ3v) is 3.84. The Labute approximate surface area is 87.4 Å². The van der Waals surface area contributed by atoms with E-state index in [1.54, 1.807) is 0 Å². The predicted molar refractivity (Wildman–Crippen MR) is 59.5 cm³/mol. The van der Waals surface area contributed by atoms with Gasteiger partial charge in [0.1, 0.15) is 0 Å². The molecule has 0 heterocycles. The fraction of sp³-hybridized carbons (Fsp3) is 1.00. The zero-order valence-corrected chi connectivity index (χ0v) is 11.0. The van der Waals surface area contributed by atoms with Gasteiger partial charge in [-0.3, -0.25) is 4.57 Å². The second-order valence-corrected chi connectivity index (χ2v) is 6.33. The summed E-state index contributed by atoms with van der Waals surface area (Å²) in [6.45, 7) is 11.3. The summed E-state index contributed by atoms with van der Waals surface area (Å²) in [5, 5.41) is 0. The molecule has 3 unspecified atom stereocenters. The smallest absolute Gasteiger partial charge is 0.324 e. The Morgan fingerprint density at radius 2 is 1.86 bits per heavy atom. The molecule has 3 nitrogen and oxygen atoms in total. The first kappa shape index (κ1) is 14.2. The van der Waals surface area contributed by atoms with Crippen molar-refractivity contribution in [3.63, 3.8) is 0 Å². The molecule has 0 aromatic rings. The van der Waals surface area contributed by atoms with Crippen molar-refractivity contribution in [1.29, 1.82) is 0 Å². The predicted octanol–water partition coefficient (Wildman–Crippen LogP) is 3.28. The van der Waals surface area contributed by atoms with E-state index in [1.165, 1.54) is 6.66 Å². The van der Waals surface area contributed by atoms with Gasteiger partial charge < -0.3 is 9.42 Å². The fourth-order valence-corrected chi connectivity index (χ4v) is 2.66. The highest BCUT2D eigenvalue weighted by Crippen LogP contribution is 2.47. The molecule has 0 amide bonds. The summed E-state index contributed by atoms with van der Waals surface area (Å²) in [6, 6.07) is 0. The monoisotopic (exact) mass is 222 g/mol. The molecule has 14 heavy (non-hydrogen) atoms. The Kier molecular flexibility index (Phi) is 4.83. The Balaban J connectivity index is 4.82. The molecule has 0 spiro atoms. The molecule has 0 saturated heterocycles. The lowest BCUT2D eigenvalue weighted by molar-refractivity contribution is -0.0184. The van der Waals surface area contributed by atoms with Crippen molar-refractivity contribution in [2.45, 2.75) is 46.6 Å². The standard InChI is InChI=1S/C10H23O3P/c1-7-9(4)10(5,8(2)3)13-14(6,11)12/h8-9H,7H2,1-6H3,(H,11,12). The van der Waals surface area contributed by atoms with Crippen molar-refractivity contribution in [1.82, 2.24) is 0 Å². The normalized spacial score (nSPS) is 22.9. The summed E-state index contributed by atoms with van der Waals surface area (Å²) in [5.74, 6) is 0.487. The van der Waals surface area contributed by atoms with Crippen molar-refractivity contribution < 1.29 is 14.0 Å². The second kappa shape index (κ2) is 4.78. The molecule has 0 aliphatic heterocycles. The van der Waals surface area contributed by atoms with Gasteiger partial charge in [-0.25, -0.2) is 0 Å². The van der Waals surface area contributed by atoms with Gasteiger partial charge in [0, 0.05) is 6.66 Å². The van der Waals surface area contributed by atoms with Gasteiger partial charge in [-0.2, -0.15) is 0 Å². The van der Waals surface area contributed by atoms with Gasteiger partial charge in [0.05, 0.1) is 5.60 Å². The maximum atomic E-state index is 11.3. The highest BCUT2D eigenvalue weighted by molar-refractivity contribution is 7.51. The summed E-state index contributed by atoms with van der Waals surface area (Å²) in [7, 11) is -3.41. The number of hydrogen-bond donors (Lipinski definition) is 1. The molecule has 3 atom stereocenters. The molecular weight excluding hydrogens is 199 g/mol. The summed E-state index contributed by atoms with van der Waals surface area (Å²) in [6.07, 6.45) is 0.939. The third-order valence-electron chi connectivity index (χ3n) is 3.10. The van der Waals surface area contributed by atoms with Crippen LogP contribution in [-0.4, -0.2) is 17.2 Å². The molecule has 0 aromatic heterocycles. The van der Waals surface area contributed by atoms with Crippen molar-refractivity contribution in [3.8, 4) is 0 Å². The van der Waals surface area contributed by atoms with Gasteiger partial charge in [-0.05, 0) is 18.8 Å². The highest BCUT2D eigenvalue weighted by atomic mass is 31.2. The van der Waals surface area contributed by atoms with Crippen LogP contribution in [0, 0.1) is 11.8 Å². The van der Waals surface area contributed by atoms with Gasteiger partial charge in [-0.15, -0.1) is 0 Å². The van der Waals surface area contributed by atoms with Crippen LogP contribution in [0.1, 0.15) is 41.0 Å². The van der Waals surface area contributed by atoms with Crippen molar-refractivity contribution >= 4 is 7.60 Å². The van der Waals surface area contributed by atoms with Crippen LogP contribution < -0.4 is 0 Å². The second-order valence-electron chi connectivity index (χ2n) is 4.54. The number of rotatable bonds is 5. The number of hydrogen-bond acceptors (Lipinski definition) is 2. The maximum Gasteiger partial charge on any atom is 0.325 e. The Bertz CT molecular complexity index is 221. The summed E-state index contributed by atoms with van der Waals surface area (Å²) in [4.78, 5) is 9.28. The first-order chi connectivity index (χ1) is 6.13. The molecule has 0 saturated carbocycles. The minimum Gasteiger partial charge on any atom is -0.324 e. The molecule has 1 N–H and O–H groups in total. The Hall–Kier alpha value is 0.150. The largest absolute Gasteiger partial charge is 0.325 e. The fourth-order valence-electron chi connectivity index (χ4n) is 1.53. The van der Waals surface area contributed by atoms with Crippen LogP contribution in [0.2, 0.25) is 0 Å². The molecule has 0 aliphatic rings. The average molecular weight is 222 g/mol. The SMILES string of the molecule is CCC(C)C(C)(OP(C)(=O)O)C(C)C. The lowest BCUT2D eigenvalue weighted by atomic mass is 9.80. The molecule has 0 aliphatic carbocycles. The van der Waals surface area contributed by atoms with Crippen LogP contribution in [0.15, 0.2) is 0 Å². The van der Waals surface area contributed by atoms with E-state index >= 15 is 0 Å². The summed E-state index contributed by atoms with van der Waals surface area (Å²) >= 11 is 0. The van der Waals surface area contributed by atoms with Gasteiger partial charge in [0.25, 0.3) is 0 Å². The Morgan fingerprint density at radius 3 is 2.07 bits per heavy atom. The van der Waals surface area contributed by atoms with E-state index in [4.69, 9.17) is 4.52 Å². The summed E-state index contributed by atoms with van der Waals surface area (Å²) < 4.78 is 16.6. The van der Waals surface area contributed by atoms with E-state index in [0.29, 0.717) is 0 Å². The average Bonchev–Trinajstić information content (AvgIpc) is 1.99. The minimum absolute atomic E-state index is 0.220. The van der Waals surface area contributed by atoms with Crippen molar-refractivity contribution in [3.05, 3.63) is 0 Å².